The number of pyridine rings is 1. The molecule has 1 aliphatic heterocycles. The molecule has 7 heteroatoms. The van der Waals surface area contributed by atoms with E-state index in [0.717, 1.165) is 10.1 Å². The van der Waals surface area contributed by atoms with Crippen molar-refractivity contribution in [2.24, 2.45) is 0 Å². The maximum Gasteiger partial charge on any atom is 0.231 e. The number of carbonyl (C=O) groups excluding carboxylic acids is 1. The van der Waals surface area contributed by atoms with Gasteiger partial charge in [-0.2, -0.15) is 0 Å². The van der Waals surface area contributed by atoms with Crippen LogP contribution in [0.5, 0.6) is 11.5 Å². The molecule has 1 N–H and O–H groups in total. The number of rotatable bonds is 3. The predicted octanol–water partition coefficient (Wildman–Crippen LogP) is 3.01. The summed E-state index contributed by atoms with van der Waals surface area (Å²) < 4.78 is 13.4. The van der Waals surface area contributed by atoms with Crippen molar-refractivity contribution >= 4 is 33.2 Å². The van der Waals surface area contributed by atoms with Gasteiger partial charge in [-0.05, 0) is 40.2 Å². The second kappa shape index (κ2) is 5.58. The first-order valence-electron chi connectivity index (χ1n) is 7.00. The molecular formula is C16H12BrN3O3. The van der Waals surface area contributed by atoms with Crippen molar-refractivity contribution in [3.8, 4) is 11.5 Å². The molecule has 2 aromatic heterocycles. The molecule has 0 saturated heterocycles. The lowest BCUT2D eigenvalue weighted by Gasteiger charge is -2.05. The van der Waals surface area contributed by atoms with Gasteiger partial charge in [-0.3, -0.25) is 4.79 Å². The number of anilines is 1. The van der Waals surface area contributed by atoms with Crippen LogP contribution in [0.2, 0.25) is 0 Å². The van der Waals surface area contributed by atoms with E-state index in [4.69, 9.17) is 9.47 Å². The minimum atomic E-state index is -0.133. The summed E-state index contributed by atoms with van der Waals surface area (Å²) in [6, 6.07) is 9.12. The Morgan fingerprint density at radius 3 is 3.00 bits per heavy atom. The van der Waals surface area contributed by atoms with Crippen molar-refractivity contribution in [1.29, 1.82) is 0 Å². The van der Waals surface area contributed by atoms with Crippen LogP contribution in [0.1, 0.15) is 5.69 Å². The Hall–Kier alpha value is -2.54. The van der Waals surface area contributed by atoms with E-state index >= 15 is 0 Å². The molecule has 0 atom stereocenters. The van der Waals surface area contributed by atoms with Crippen LogP contribution in [-0.4, -0.2) is 22.1 Å². The molecule has 6 nitrogen and oxygen atoms in total. The number of hydrogen-bond acceptors (Lipinski definition) is 4. The molecule has 3 heterocycles. The molecule has 1 aliphatic rings. The highest BCUT2D eigenvalue weighted by molar-refractivity contribution is 9.10. The molecule has 0 aliphatic carbocycles. The van der Waals surface area contributed by atoms with Crippen LogP contribution in [0.3, 0.4) is 0 Å². The molecule has 1 amide bonds. The maximum absolute atomic E-state index is 12.2. The fraction of sp³-hybridized carbons (Fsp3) is 0.125. The molecular weight excluding hydrogens is 362 g/mol. The van der Waals surface area contributed by atoms with Gasteiger partial charge < -0.3 is 19.2 Å². The van der Waals surface area contributed by atoms with E-state index in [9.17, 15) is 4.79 Å². The van der Waals surface area contributed by atoms with Crippen LogP contribution >= 0.6 is 15.9 Å². The van der Waals surface area contributed by atoms with E-state index in [1.54, 1.807) is 18.2 Å². The zero-order valence-electron chi connectivity index (χ0n) is 12.0. The van der Waals surface area contributed by atoms with Crippen LogP contribution in [0.25, 0.3) is 5.65 Å². The van der Waals surface area contributed by atoms with Crippen LogP contribution in [-0.2, 0) is 11.2 Å². The number of benzene rings is 1. The van der Waals surface area contributed by atoms with Crippen molar-refractivity contribution < 1.29 is 14.3 Å². The summed E-state index contributed by atoms with van der Waals surface area (Å²) in [5, 5.41) is 2.84. The molecule has 0 saturated carbocycles. The molecule has 23 heavy (non-hydrogen) atoms. The summed E-state index contributed by atoms with van der Waals surface area (Å²) in [5.41, 5.74) is 2.19. The van der Waals surface area contributed by atoms with Crippen LogP contribution < -0.4 is 14.8 Å². The number of imidazole rings is 1. The van der Waals surface area contributed by atoms with E-state index in [2.05, 4.69) is 26.2 Å². The number of ether oxygens (including phenoxy) is 2. The third-order valence-corrected chi connectivity index (χ3v) is 3.93. The van der Waals surface area contributed by atoms with Gasteiger partial charge in [0.15, 0.2) is 11.5 Å². The first-order chi connectivity index (χ1) is 11.2. The highest BCUT2D eigenvalue weighted by Crippen LogP contribution is 2.34. The smallest absolute Gasteiger partial charge is 0.231 e. The minimum absolute atomic E-state index is 0.133. The number of fused-ring (bicyclic) bond motifs is 2. The Morgan fingerprint density at radius 1 is 1.22 bits per heavy atom. The van der Waals surface area contributed by atoms with E-state index in [1.807, 2.05) is 28.9 Å². The summed E-state index contributed by atoms with van der Waals surface area (Å²) in [6.07, 6.45) is 3.95. The second-order valence-electron chi connectivity index (χ2n) is 5.14. The second-order valence-corrected chi connectivity index (χ2v) is 6.05. The Bertz CT molecular complexity index is 907. The van der Waals surface area contributed by atoms with Gasteiger partial charge in [-0.15, -0.1) is 0 Å². The van der Waals surface area contributed by atoms with Gasteiger partial charge >= 0.3 is 0 Å². The number of nitrogens with zero attached hydrogens (tertiary/aromatic N) is 2. The molecule has 1 aromatic carbocycles. The number of hydrogen-bond donors (Lipinski definition) is 1. The van der Waals surface area contributed by atoms with Gasteiger partial charge in [-0.25, -0.2) is 4.98 Å². The lowest BCUT2D eigenvalue weighted by Crippen LogP contribution is -2.14. The molecule has 0 bridgehead atoms. The van der Waals surface area contributed by atoms with Gasteiger partial charge in [0.05, 0.1) is 12.1 Å². The molecule has 0 spiro atoms. The fourth-order valence-electron chi connectivity index (χ4n) is 2.45. The van der Waals surface area contributed by atoms with Crippen LogP contribution in [0.15, 0.2) is 47.2 Å². The minimum Gasteiger partial charge on any atom is -0.454 e. The van der Waals surface area contributed by atoms with Gasteiger partial charge in [0.2, 0.25) is 12.7 Å². The molecule has 0 unspecified atom stereocenters. The predicted molar refractivity (Wildman–Crippen MR) is 87.8 cm³/mol. The van der Waals surface area contributed by atoms with Crippen molar-refractivity contribution in [3.05, 3.63) is 52.9 Å². The largest absolute Gasteiger partial charge is 0.454 e. The van der Waals surface area contributed by atoms with E-state index < -0.39 is 0 Å². The fourth-order valence-corrected chi connectivity index (χ4v) is 2.80. The first-order valence-corrected chi connectivity index (χ1v) is 7.79. The molecule has 4 rings (SSSR count). The lowest BCUT2D eigenvalue weighted by atomic mass is 10.2. The topological polar surface area (TPSA) is 64.9 Å². The van der Waals surface area contributed by atoms with E-state index in [1.165, 1.54) is 0 Å². The van der Waals surface area contributed by atoms with Crippen molar-refractivity contribution in [2.75, 3.05) is 12.1 Å². The molecule has 0 radical (unpaired) electrons. The summed E-state index contributed by atoms with van der Waals surface area (Å²) in [5.74, 6) is 1.20. The SMILES string of the molecule is O=C(Cc1cn2cc(Br)ccc2n1)Nc1ccc2c(c1)OCO2. The Labute approximate surface area is 140 Å². The Kier molecular flexibility index (Phi) is 3.42. The maximum atomic E-state index is 12.2. The van der Waals surface area contributed by atoms with Crippen molar-refractivity contribution in [1.82, 2.24) is 9.38 Å². The molecule has 116 valence electrons. The van der Waals surface area contributed by atoms with Gasteiger partial charge in [0.25, 0.3) is 0 Å². The van der Waals surface area contributed by atoms with E-state index in [0.29, 0.717) is 22.9 Å². The monoisotopic (exact) mass is 373 g/mol. The van der Waals surface area contributed by atoms with Crippen LogP contribution in [0.4, 0.5) is 5.69 Å². The summed E-state index contributed by atoms with van der Waals surface area (Å²) in [6.45, 7) is 0.212. The number of halogens is 1. The Balaban J connectivity index is 1.48. The lowest BCUT2D eigenvalue weighted by molar-refractivity contribution is -0.115. The highest BCUT2D eigenvalue weighted by Gasteiger charge is 2.14. The third-order valence-electron chi connectivity index (χ3n) is 3.46. The number of carbonyl (C=O) groups is 1. The summed E-state index contributed by atoms with van der Waals surface area (Å²) in [4.78, 5) is 16.6. The number of nitrogens with one attached hydrogen (secondary N) is 1. The third kappa shape index (κ3) is 2.87. The summed E-state index contributed by atoms with van der Waals surface area (Å²) in [7, 11) is 0. The average molecular weight is 374 g/mol. The normalized spacial score (nSPS) is 12.6. The molecule has 3 aromatic rings. The van der Waals surface area contributed by atoms with Crippen molar-refractivity contribution in [3.63, 3.8) is 0 Å². The Morgan fingerprint density at radius 2 is 2.09 bits per heavy atom. The highest BCUT2D eigenvalue weighted by atomic mass is 79.9. The number of amides is 1. The van der Waals surface area contributed by atoms with Crippen molar-refractivity contribution in [2.45, 2.75) is 6.42 Å². The van der Waals surface area contributed by atoms with Gasteiger partial charge in [-0.1, -0.05) is 0 Å². The zero-order valence-corrected chi connectivity index (χ0v) is 13.5. The standard InChI is InChI=1S/C16H12BrN3O3/c17-10-1-4-15-18-12(8-20(15)7-10)6-16(21)19-11-2-3-13-14(5-11)23-9-22-13/h1-5,7-8H,6,9H2,(H,19,21). The first kappa shape index (κ1) is 14.1. The van der Waals surface area contributed by atoms with Crippen LogP contribution in [0, 0.1) is 0 Å². The average Bonchev–Trinajstić information content (AvgIpc) is 3.11. The number of aromatic nitrogens is 2. The quantitative estimate of drug-likeness (QED) is 0.766. The van der Waals surface area contributed by atoms with E-state index in [-0.39, 0.29) is 19.1 Å². The zero-order chi connectivity index (χ0) is 15.8. The molecule has 0 fully saturated rings. The summed E-state index contributed by atoms with van der Waals surface area (Å²) >= 11 is 3.41. The van der Waals surface area contributed by atoms with Gasteiger partial charge in [0, 0.05) is 28.6 Å². The van der Waals surface area contributed by atoms with Gasteiger partial charge in [0.1, 0.15) is 5.65 Å².